The van der Waals surface area contributed by atoms with Gasteiger partial charge in [-0.15, -0.1) is 0 Å². The largest absolute Gasteiger partial charge is 0.416 e. The Morgan fingerprint density at radius 1 is 0.971 bits per heavy atom. The third-order valence-corrected chi connectivity index (χ3v) is 7.32. The molecule has 1 fully saturated rings. The van der Waals surface area contributed by atoms with Crippen molar-refractivity contribution in [2.75, 3.05) is 17.6 Å². The summed E-state index contributed by atoms with van der Waals surface area (Å²) in [6, 6.07) is 11.3. The summed E-state index contributed by atoms with van der Waals surface area (Å²) in [5.74, 6) is 0.341. The van der Waals surface area contributed by atoms with Gasteiger partial charge in [-0.25, -0.2) is 9.97 Å². The van der Waals surface area contributed by atoms with E-state index in [0.29, 0.717) is 41.5 Å². The lowest BCUT2D eigenvalue weighted by Crippen LogP contribution is -2.26. The molecule has 0 bridgehead atoms. The molecule has 5 nitrogen and oxygen atoms in total. The summed E-state index contributed by atoms with van der Waals surface area (Å²) in [6.07, 6.45) is 3.52. The topological polar surface area (TPSA) is 89.8 Å². The normalized spacial score (nSPS) is 20.6. The van der Waals surface area contributed by atoms with Crippen LogP contribution in [0.4, 0.5) is 24.5 Å². The highest BCUT2D eigenvalue weighted by molar-refractivity contribution is 5.76. The molecule has 5 rings (SSSR count). The fourth-order valence-corrected chi connectivity index (χ4v) is 5.51. The number of rotatable bonds is 5. The van der Waals surface area contributed by atoms with Crippen LogP contribution < -0.4 is 16.8 Å². The molecule has 184 valence electrons. The maximum absolute atomic E-state index is 13.5. The monoisotopic (exact) mass is 481 g/mol. The van der Waals surface area contributed by atoms with Gasteiger partial charge in [0, 0.05) is 35.4 Å². The van der Waals surface area contributed by atoms with Gasteiger partial charge in [-0.3, -0.25) is 0 Å². The molecular formula is C27H30F3N5. The molecule has 0 saturated heterocycles. The van der Waals surface area contributed by atoms with E-state index in [1.54, 1.807) is 0 Å². The van der Waals surface area contributed by atoms with Crippen molar-refractivity contribution in [2.24, 2.45) is 11.7 Å². The molecule has 2 aliphatic carbocycles. The number of hydrogen-bond acceptors (Lipinski definition) is 5. The van der Waals surface area contributed by atoms with E-state index in [2.05, 4.69) is 15.3 Å². The first kappa shape index (κ1) is 23.6. The minimum absolute atomic E-state index is 0.125. The van der Waals surface area contributed by atoms with E-state index in [4.69, 9.17) is 11.5 Å². The van der Waals surface area contributed by atoms with Crippen LogP contribution in [0.15, 0.2) is 48.8 Å². The van der Waals surface area contributed by atoms with Gasteiger partial charge in [0.15, 0.2) is 0 Å². The van der Waals surface area contributed by atoms with E-state index >= 15 is 0 Å². The maximum atomic E-state index is 13.5. The fourth-order valence-electron chi connectivity index (χ4n) is 5.51. The summed E-state index contributed by atoms with van der Waals surface area (Å²) in [6.45, 7) is 0.647. The second kappa shape index (κ2) is 9.49. The van der Waals surface area contributed by atoms with Gasteiger partial charge in [0.25, 0.3) is 0 Å². The number of aromatic nitrogens is 2. The fraction of sp³-hybridized carbons (Fsp3) is 0.407. The molecular weight excluding hydrogens is 451 g/mol. The third-order valence-electron chi connectivity index (χ3n) is 7.32. The SMILES string of the molecule is Nc1ccc2c(c1)CC(N)C2c1cc(-c2ccc(C(F)(F)F)cc2NCC2CCCCC2)ncn1. The first-order chi connectivity index (χ1) is 16.8. The number of nitrogen functional groups attached to an aromatic ring is 1. The van der Waals surface area contributed by atoms with E-state index in [0.717, 1.165) is 35.7 Å². The van der Waals surface area contributed by atoms with Crippen LogP contribution in [0.25, 0.3) is 11.3 Å². The predicted molar refractivity (Wildman–Crippen MR) is 132 cm³/mol. The van der Waals surface area contributed by atoms with Crippen molar-refractivity contribution in [2.45, 2.75) is 56.7 Å². The van der Waals surface area contributed by atoms with Crippen LogP contribution in [0.1, 0.15) is 60.4 Å². The Morgan fingerprint density at radius 2 is 1.77 bits per heavy atom. The Labute approximate surface area is 203 Å². The average molecular weight is 482 g/mol. The van der Waals surface area contributed by atoms with Gasteiger partial charge in [-0.1, -0.05) is 31.4 Å². The van der Waals surface area contributed by atoms with Gasteiger partial charge in [0.1, 0.15) is 6.33 Å². The number of alkyl halides is 3. The number of benzene rings is 2. The summed E-state index contributed by atoms with van der Waals surface area (Å²) in [4.78, 5) is 8.93. The Kier molecular flexibility index (Phi) is 6.40. The number of nitrogens with two attached hydrogens (primary N) is 2. The number of nitrogens with zero attached hydrogens (tertiary/aromatic N) is 2. The summed E-state index contributed by atoms with van der Waals surface area (Å²) in [7, 11) is 0. The first-order valence-electron chi connectivity index (χ1n) is 12.2. The zero-order chi connectivity index (χ0) is 24.6. The van der Waals surface area contributed by atoms with Crippen LogP contribution in [0, 0.1) is 5.92 Å². The minimum atomic E-state index is -4.42. The Bertz CT molecular complexity index is 1200. The Balaban J connectivity index is 1.49. The van der Waals surface area contributed by atoms with Crippen molar-refractivity contribution >= 4 is 11.4 Å². The van der Waals surface area contributed by atoms with E-state index in [1.165, 1.54) is 37.7 Å². The second-order valence-electron chi connectivity index (χ2n) is 9.78. The first-order valence-corrected chi connectivity index (χ1v) is 12.2. The highest BCUT2D eigenvalue weighted by Gasteiger charge is 2.33. The van der Waals surface area contributed by atoms with Crippen LogP contribution >= 0.6 is 0 Å². The summed E-state index contributed by atoms with van der Waals surface area (Å²) in [5, 5.41) is 3.31. The molecule has 1 aromatic heterocycles. The van der Waals surface area contributed by atoms with Gasteiger partial charge < -0.3 is 16.8 Å². The van der Waals surface area contributed by atoms with Crippen LogP contribution in [-0.2, 0) is 12.6 Å². The van der Waals surface area contributed by atoms with Gasteiger partial charge in [-0.05, 0) is 66.6 Å². The Morgan fingerprint density at radius 3 is 2.54 bits per heavy atom. The van der Waals surface area contributed by atoms with Gasteiger partial charge in [-0.2, -0.15) is 13.2 Å². The Hall–Kier alpha value is -3.13. The molecule has 8 heteroatoms. The number of nitrogens with one attached hydrogen (secondary N) is 1. The van der Waals surface area contributed by atoms with Crippen molar-refractivity contribution in [3.63, 3.8) is 0 Å². The molecule has 2 unspecified atom stereocenters. The molecule has 1 saturated carbocycles. The summed E-state index contributed by atoms with van der Waals surface area (Å²) >= 11 is 0. The second-order valence-corrected chi connectivity index (χ2v) is 9.78. The lowest BCUT2D eigenvalue weighted by atomic mass is 9.89. The average Bonchev–Trinajstić information content (AvgIpc) is 3.17. The lowest BCUT2D eigenvalue weighted by Gasteiger charge is -2.23. The van der Waals surface area contributed by atoms with Crippen LogP contribution in [0.3, 0.4) is 0 Å². The zero-order valence-corrected chi connectivity index (χ0v) is 19.5. The quantitative estimate of drug-likeness (QED) is 0.404. The highest BCUT2D eigenvalue weighted by atomic mass is 19.4. The van der Waals surface area contributed by atoms with E-state index in [9.17, 15) is 13.2 Å². The van der Waals surface area contributed by atoms with E-state index in [-0.39, 0.29) is 12.0 Å². The standard InChI is InChI=1S/C27H30F3N5/c28-27(29,30)18-6-8-21(23(12-18)33-14-16-4-2-1-3-5-16)24-13-25(35-15-34-24)26-20-9-7-19(31)10-17(20)11-22(26)32/h6-10,12-13,15-16,22,26,33H,1-5,11,14,31-32H2. The molecule has 2 atom stereocenters. The minimum Gasteiger partial charge on any atom is -0.399 e. The number of halogens is 3. The molecule has 35 heavy (non-hydrogen) atoms. The molecule has 5 N–H and O–H groups in total. The highest BCUT2D eigenvalue weighted by Crippen LogP contribution is 2.40. The van der Waals surface area contributed by atoms with Crippen molar-refractivity contribution < 1.29 is 13.2 Å². The number of anilines is 2. The molecule has 2 aromatic carbocycles. The summed E-state index contributed by atoms with van der Waals surface area (Å²) < 4.78 is 40.5. The third kappa shape index (κ3) is 4.98. The van der Waals surface area contributed by atoms with Gasteiger partial charge >= 0.3 is 6.18 Å². The molecule has 2 aliphatic rings. The van der Waals surface area contributed by atoms with Crippen molar-refractivity contribution in [1.82, 2.24) is 9.97 Å². The maximum Gasteiger partial charge on any atom is 0.416 e. The van der Waals surface area contributed by atoms with Gasteiger partial charge in [0.2, 0.25) is 0 Å². The van der Waals surface area contributed by atoms with Gasteiger partial charge in [0.05, 0.1) is 17.0 Å². The molecule has 0 radical (unpaired) electrons. The zero-order valence-electron chi connectivity index (χ0n) is 19.5. The van der Waals surface area contributed by atoms with E-state index in [1.807, 2.05) is 24.3 Å². The number of hydrogen-bond donors (Lipinski definition) is 3. The molecule has 1 heterocycles. The smallest absolute Gasteiger partial charge is 0.399 e. The molecule has 3 aromatic rings. The molecule has 0 aliphatic heterocycles. The molecule has 0 spiro atoms. The van der Waals surface area contributed by atoms with Crippen LogP contribution in [-0.4, -0.2) is 22.6 Å². The lowest BCUT2D eigenvalue weighted by molar-refractivity contribution is -0.137. The molecule has 0 amide bonds. The number of fused-ring (bicyclic) bond motifs is 1. The van der Waals surface area contributed by atoms with Crippen molar-refractivity contribution in [1.29, 1.82) is 0 Å². The predicted octanol–water partition coefficient (Wildman–Crippen LogP) is 5.75. The summed E-state index contributed by atoms with van der Waals surface area (Å²) in [5.41, 5.74) is 17.0. The van der Waals surface area contributed by atoms with Crippen LogP contribution in [0.2, 0.25) is 0 Å². The van der Waals surface area contributed by atoms with Crippen molar-refractivity contribution in [3.05, 3.63) is 71.2 Å². The van der Waals surface area contributed by atoms with E-state index < -0.39 is 11.7 Å². The van der Waals surface area contributed by atoms with Crippen LogP contribution in [0.5, 0.6) is 0 Å². The van der Waals surface area contributed by atoms with Crippen molar-refractivity contribution in [3.8, 4) is 11.3 Å².